The average molecular weight is 292 g/mol. The number of ether oxygens (including phenoxy) is 1. The number of rotatable bonds is 7. The van der Waals surface area contributed by atoms with E-state index in [9.17, 15) is 5.11 Å². The standard InChI is InChI=1S/C13H19Cl2NO2/c1-18-9-13(17,6-3-7-16)8-10-4-2-5-11(14)12(10)15/h2,4-5,17H,3,6-9,16H2,1H3. The minimum absolute atomic E-state index is 0.246. The van der Waals surface area contributed by atoms with Gasteiger partial charge in [-0.2, -0.15) is 0 Å². The lowest BCUT2D eigenvalue weighted by Crippen LogP contribution is -2.37. The maximum absolute atomic E-state index is 10.5. The molecule has 0 fully saturated rings. The third kappa shape index (κ3) is 4.41. The number of hydrogen-bond acceptors (Lipinski definition) is 3. The Labute approximate surface area is 118 Å². The lowest BCUT2D eigenvalue weighted by Gasteiger charge is -2.28. The minimum Gasteiger partial charge on any atom is -0.387 e. The summed E-state index contributed by atoms with van der Waals surface area (Å²) in [5.41, 5.74) is 5.34. The van der Waals surface area contributed by atoms with Crippen molar-refractivity contribution in [3.8, 4) is 0 Å². The summed E-state index contributed by atoms with van der Waals surface area (Å²) in [6.07, 6.45) is 1.71. The fourth-order valence-corrected chi connectivity index (χ4v) is 2.34. The zero-order valence-corrected chi connectivity index (χ0v) is 12.0. The summed E-state index contributed by atoms with van der Waals surface area (Å²) in [7, 11) is 1.56. The first kappa shape index (κ1) is 15.7. The number of benzene rings is 1. The van der Waals surface area contributed by atoms with Crippen molar-refractivity contribution < 1.29 is 9.84 Å². The molecule has 1 atom stereocenters. The van der Waals surface area contributed by atoms with E-state index >= 15 is 0 Å². The van der Waals surface area contributed by atoms with Crippen molar-refractivity contribution in [1.82, 2.24) is 0 Å². The first-order chi connectivity index (χ1) is 8.52. The molecule has 5 heteroatoms. The third-order valence-electron chi connectivity index (χ3n) is 2.81. The fraction of sp³-hybridized carbons (Fsp3) is 0.538. The highest BCUT2D eigenvalue weighted by Crippen LogP contribution is 2.29. The average Bonchev–Trinajstić information content (AvgIpc) is 2.33. The summed E-state index contributed by atoms with van der Waals surface area (Å²) >= 11 is 12.1. The zero-order valence-electron chi connectivity index (χ0n) is 10.5. The van der Waals surface area contributed by atoms with Gasteiger partial charge in [-0.1, -0.05) is 35.3 Å². The van der Waals surface area contributed by atoms with Crippen LogP contribution in [0.3, 0.4) is 0 Å². The van der Waals surface area contributed by atoms with Crippen LogP contribution in [0.4, 0.5) is 0 Å². The molecular weight excluding hydrogens is 273 g/mol. The molecule has 102 valence electrons. The van der Waals surface area contributed by atoms with E-state index in [0.717, 1.165) is 12.0 Å². The molecule has 3 N–H and O–H groups in total. The van der Waals surface area contributed by atoms with E-state index in [4.69, 9.17) is 33.7 Å². The molecule has 0 heterocycles. The maximum atomic E-state index is 10.5. The van der Waals surface area contributed by atoms with Crippen LogP contribution in [0, 0.1) is 0 Å². The van der Waals surface area contributed by atoms with Gasteiger partial charge in [-0.3, -0.25) is 0 Å². The van der Waals surface area contributed by atoms with Crippen LogP contribution in [-0.2, 0) is 11.2 Å². The molecular formula is C13H19Cl2NO2. The molecule has 1 aromatic carbocycles. The molecule has 0 saturated heterocycles. The van der Waals surface area contributed by atoms with E-state index < -0.39 is 5.60 Å². The maximum Gasteiger partial charge on any atom is 0.0921 e. The van der Waals surface area contributed by atoms with Crippen molar-refractivity contribution >= 4 is 23.2 Å². The molecule has 1 unspecified atom stereocenters. The van der Waals surface area contributed by atoms with Crippen LogP contribution >= 0.6 is 23.2 Å². The highest BCUT2D eigenvalue weighted by Gasteiger charge is 2.27. The van der Waals surface area contributed by atoms with Crippen molar-refractivity contribution in [2.24, 2.45) is 5.73 Å². The van der Waals surface area contributed by atoms with Gasteiger partial charge in [0.15, 0.2) is 0 Å². The molecule has 0 aromatic heterocycles. The van der Waals surface area contributed by atoms with Crippen LogP contribution in [0.2, 0.25) is 10.0 Å². The first-order valence-electron chi connectivity index (χ1n) is 5.86. The van der Waals surface area contributed by atoms with Gasteiger partial charge in [-0.15, -0.1) is 0 Å². The van der Waals surface area contributed by atoms with Gasteiger partial charge in [0, 0.05) is 13.5 Å². The first-order valence-corrected chi connectivity index (χ1v) is 6.62. The second kappa shape index (κ2) is 7.31. The Morgan fingerprint density at radius 3 is 2.72 bits per heavy atom. The highest BCUT2D eigenvalue weighted by atomic mass is 35.5. The summed E-state index contributed by atoms with van der Waals surface area (Å²) in [4.78, 5) is 0. The van der Waals surface area contributed by atoms with Gasteiger partial charge in [-0.05, 0) is 31.0 Å². The predicted molar refractivity (Wildman–Crippen MR) is 75.3 cm³/mol. The number of nitrogens with two attached hydrogens (primary N) is 1. The van der Waals surface area contributed by atoms with Gasteiger partial charge in [-0.25, -0.2) is 0 Å². The van der Waals surface area contributed by atoms with Crippen LogP contribution in [0.5, 0.6) is 0 Å². The molecule has 18 heavy (non-hydrogen) atoms. The van der Waals surface area contributed by atoms with Crippen LogP contribution in [-0.4, -0.2) is 31.0 Å². The van der Waals surface area contributed by atoms with Crippen molar-refractivity contribution in [2.45, 2.75) is 24.9 Å². The lowest BCUT2D eigenvalue weighted by molar-refractivity contribution is -0.0375. The molecule has 0 aliphatic carbocycles. The van der Waals surface area contributed by atoms with Gasteiger partial charge in [0.2, 0.25) is 0 Å². The van der Waals surface area contributed by atoms with Gasteiger partial charge < -0.3 is 15.6 Å². The molecule has 0 radical (unpaired) electrons. The Balaban J connectivity index is 2.85. The summed E-state index contributed by atoms with van der Waals surface area (Å²) in [6.45, 7) is 0.783. The van der Waals surface area contributed by atoms with E-state index in [2.05, 4.69) is 0 Å². The summed E-state index contributed by atoms with van der Waals surface area (Å²) < 4.78 is 5.08. The molecule has 3 nitrogen and oxygen atoms in total. The Bertz CT molecular complexity index is 387. The van der Waals surface area contributed by atoms with Crippen molar-refractivity contribution in [2.75, 3.05) is 20.3 Å². The van der Waals surface area contributed by atoms with Crippen molar-refractivity contribution in [3.63, 3.8) is 0 Å². The van der Waals surface area contributed by atoms with E-state index in [1.54, 1.807) is 13.2 Å². The third-order valence-corrected chi connectivity index (χ3v) is 3.67. The zero-order chi connectivity index (χ0) is 13.6. The molecule has 1 aromatic rings. The van der Waals surface area contributed by atoms with E-state index in [1.165, 1.54) is 0 Å². The Hall–Kier alpha value is -0.320. The second-order valence-electron chi connectivity index (χ2n) is 4.44. The Morgan fingerprint density at radius 1 is 1.39 bits per heavy atom. The van der Waals surface area contributed by atoms with Gasteiger partial charge in [0.25, 0.3) is 0 Å². The van der Waals surface area contributed by atoms with Gasteiger partial charge in [0.1, 0.15) is 0 Å². The van der Waals surface area contributed by atoms with Gasteiger partial charge in [0.05, 0.1) is 22.3 Å². The molecule has 1 rings (SSSR count). The highest BCUT2D eigenvalue weighted by molar-refractivity contribution is 6.42. The second-order valence-corrected chi connectivity index (χ2v) is 5.22. The lowest BCUT2D eigenvalue weighted by atomic mass is 9.90. The fourth-order valence-electron chi connectivity index (χ4n) is 1.95. The van der Waals surface area contributed by atoms with Crippen LogP contribution in [0.1, 0.15) is 18.4 Å². The van der Waals surface area contributed by atoms with Crippen LogP contribution in [0.25, 0.3) is 0 Å². The molecule has 0 aliphatic heterocycles. The molecule has 0 saturated carbocycles. The van der Waals surface area contributed by atoms with Crippen molar-refractivity contribution in [3.05, 3.63) is 33.8 Å². The molecule has 0 spiro atoms. The van der Waals surface area contributed by atoms with Crippen molar-refractivity contribution in [1.29, 1.82) is 0 Å². The molecule has 0 amide bonds. The summed E-state index contributed by atoms with van der Waals surface area (Å²) in [5.74, 6) is 0. The summed E-state index contributed by atoms with van der Waals surface area (Å²) in [5, 5.41) is 11.5. The Kier molecular flexibility index (Phi) is 6.39. The smallest absolute Gasteiger partial charge is 0.0921 e. The normalized spacial score (nSPS) is 14.5. The SMILES string of the molecule is COCC(O)(CCCN)Cc1cccc(Cl)c1Cl. The van der Waals surface area contributed by atoms with Crippen LogP contribution < -0.4 is 5.73 Å². The number of hydrogen-bond donors (Lipinski definition) is 2. The quantitative estimate of drug-likeness (QED) is 0.812. The predicted octanol–water partition coefficient (Wildman–Crippen LogP) is 2.65. The Morgan fingerprint density at radius 2 is 2.11 bits per heavy atom. The van der Waals surface area contributed by atoms with E-state index in [-0.39, 0.29) is 6.61 Å². The van der Waals surface area contributed by atoms with Gasteiger partial charge >= 0.3 is 0 Å². The van der Waals surface area contributed by atoms with Crippen LogP contribution in [0.15, 0.2) is 18.2 Å². The summed E-state index contributed by atoms with van der Waals surface area (Å²) in [6, 6.07) is 5.40. The molecule has 0 bridgehead atoms. The van der Waals surface area contributed by atoms with E-state index in [1.807, 2.05) is 12.1 Å². The molecule has 0 aliphatic rings. The number of halogens is 2. The topological polar surface area (TPSA) is 55.5 Å². The number of aliphatic hydroxyl groups is 1. The number of methoxy groups -OCH3 is 1. The minimum atomic E-state index is -0.956. The monoisotopic (exact) mass is 291 g/mol. The van der Waals surface area contributed by atoms with E-state index in [0.29, 0.717) is 29.4 Å². The largest absolute Gasteiger partial charge is 0.387 e.